The Labute approximate surface area is 88.5 Å². The SMILES string of the molecule is O=c1cc(O)c2cc(Cl)c(Cl)cc2o1. The van der Waals surface area contributed by atoms with Crippen LogP contribution in [0.4, 0.5) is 0 Å². The van der Waals surface area contributed by atoms with Crippen LogP contribution < -0.4 is 5.63 Å². The van der Waals surface area contributed by atoms with Crippen molar-refractivity contribution in [2.24, 2.45) is 0 Å². The van der Waals surface area contributed by atoms with Gasteiger partial charge in [-0.05, 0) is 6.07 Å². The normalized spacial score (nSPS) is 10.7. The summed E-state index contributed by atoms with van der Waals surface area (Å²) in [6.45, 7) is 0. The van der Waals surface area contributed by atoms with Crippen LogP contribution in [0, 0.1) is 0 Å². The topological polar surface area (TPSA) is 50.4 Å². The first-order valence-electron chi connectivity index (χ1n) is 3.70. The van der Waals surface area contributed by atoms with Crippen molar-refractivity contribution < 1.29 is 9.52 Å². The molecule has 0 radical (unpaired) electrons. The van der Waals surface area contributed by atoms with Gasteiger partial charge in [-0.15, -0.1) is 0 Å². The van der Waals surface area contributed by atoms with Crippen molar-refractivity contribution in [2.75, 3.05) is 0 Å². The zero-order valence-corrected chi connectivity index (χ0v) is 8.26. The molecule has 0 atom stereocenters. The molecule has 0 aliphatic heterocycles. The Kier molecular flexibility index (Phi) is 2.13. The van der Waals surface area contributed by atoms with Crippen LogP contribution in [0.15, 0.2) is 27.4 Å². The summed E-state index contributed by atoms with van der Waals surface area (Å²) < 4.78 is 4.82. The lowest BCUT2D eigenvalue weighted by Gasteiger charge is -2.00. The molecule has 0 saturated carbocycles. The van der Waals surface area contributed by atoms with Crippen LogP contribution in [-0.2, 0) is 0 Å². The van der Waals surface area contributed by atoms with Crippen molar-refractivity contribution in [3.05, 3.63) is 38.7 Å². The molecule has 14 heavy (non-hydrogen) atoms. The van der Waals surface area contributed by atoms with Crippen LogP contribution in [-0.4, -0.2) is 5.11 Å². The van der Waals surface area contributed by atoms with Crippen LogP contribution in [0.3, 0.4) is 0 Å². The number of aromatic hydroxyl groups is 1. The van der Waals surface area contributed by atoms with Gasteiger partial charge in [0.05, 0.1) is 21.5 Å². The van der Waals surface area contributed by atoms with Crippen molar-refractivity contribution in [2.45, 2.75) is 0 Å². The van der Waals surface area contributed by atoms with E-state index in [0.29, 0.717) is 10.4 Å². The van der Waals surface area contributed by atoms with Crippen molar-refractivity contribution in [1.82, 2.24) is 0 Å². The monoisotopic (exact) mass is 230 g/mol. The maximum Gasteiger partial charge on any atom is 0.339 e. The smallest absolute Gasteiger partial charge is 0.339 e. The fourth-order valence-corrected chi connectivity index (χ4v) is 1.46. The molecule has 1 heterocycles. The number of hydrogen-bond acceptors (Lipinski definition) is 3. The molecule has 2 rings (SSSR count). The van der Waals surface area contributed by atoms with Gasteiger partial charge in [-0.25, -0.2) is 4.79 Å². The van der Waals surface area contributed by atoms with Crippen LogP contribution in [0.5, 0.6) is 5.75 Å². The highest BCUT2D eigenvalue weighted by Gasteiger charge is 2.07. The number of halogens is 2. The Balaban J connectivity index is 2.96. The van der Waals surface area contributed by atoms with Crippen LogP contribution >= 0.6 is 23.2 Å². The minimum Gasteiger partial charge on any atom is -0.507 e. The lowest BCUT2D eigenvalue weighted by molar-refractivity contribution is 0.468. The van der Waals surface area contributed by atoms with E-state index in [1.165, 1.54) is 12.1 Å². The zero-order valence-electron chi connectivity index (χ0n) is 6.75. The Morgan fingerprint density at radius 2 is 1.79 bits per heavy atom. The first-order valence-corrected chi connectivity index (χ1v) is 4.45. The minimum atomic E-state index is -0.631. The molecule has 72 valence electrons. The maximum atomic E-state index is 10.9. The second kappa shape index (κ2) is 3.19. The van der Waals surface area contributed by atoms with E-state index < -0.39 is 5.63 Å². The third kappa shape index (κ3) is 1.45. The molecule has 0 saturated heterocycles. The molecule has 3 nitrogen and oxygen atoms in total. The molecule has 0 aliphatic carbocycles. The number of benzene rings is 1. The van der Waals surface area contributed by atoms with E-state index in [1.54, 1.807) is 0 Å². The van der Waals surface area contributed by atoms with E-state index in [9.17, 15) is 9.90 Å². The summed E-state index contributed by atoms with van der Waals surface area (Å²) in [7, 11) is 0. The van der Waals surface area contributed by atoms with E-state index >= 15 is 0 Å². The fourth-order valence-electron chi connectivity index (χ4n) is 1.14. The lowest BCUT2D eigenvalue weighted by atomic mass is 10.2. The predicted octanol–water partition coefficient (Wildman–Crippen LogP) is 2.81. The van der Waals surface area contributed by atoms with Gasteiger partial charge in [0.25, 0.3) is 0 Å². The van der Waals surface area contributed by atoms with Gasteiger partial charge in [-0.1, -0.05) is 23.2 Å². The molecule has 0 unspecified atom stereocenters. The van der Waals surface area contributed by atoms with Crippen LogP contribution in [0.1, 0.15) is 0 Å². The van der Waals surface area contributed by atoms with Crippen molar-refractivity contribution in [1.29, 1.82) is 0 Å². The van der Waals surface area contributed by atoms with E-state index in [-0.39, 0.29) is 16.4 Å². The van der Waals surface area contributed by atoms with E-state index in [4.69, 9.17) is 27.6 Å². The molecule has 0 bridgehead atoms. The summed E-state index contributed by atoms with van der Waals surface area (Å²) in [6.07, 6.45) is 0. The molecule has 1 aromatic heterocycles. The van der Waals surface area contributed by atoms with E-state index in [1.807, 2.05) is 0 Å². The van der Waals surface area contributed by atoms with Gasteiger partial charge >= 0.3 is 5.63 Å². The summed E-state index contributed by atoms with van der Waals surface area (Å²) in [6, 6.07) is 3.81. The van der Waals surface area contributed by atoms with Gasteiger partial charge in [-0.2, -0.15) is 0 Å². The van der Waals surface area contributed by atoms with Gasteiger partial charge in [0.2, 0.25) is 0 Å². The highest BCUT2D eigenvalue weighted by Crippen LogP contribution is 2.31. The first-order chi connectivity index (χ1) is 6.58. The van der Waals surface area contributed by atoms with Gasteiger partial charge in [0, 0.05) is 6.07 Å². The molecule has 5 heteroatoms. The highest BCUT2D eigenvalue weighted by molar-refractivity contribution is 6.42. The maximum absolute atomic E-state index is 10.9. The van der Waals surface area contributed by atoms with Crippen LogP contribution in [0.2, 0.25) is 10.0 Å². The number of hydrogen-bond donors (Lipinski definition) is 1. The summed E-state index contributed by atoms with van der Waals surface area (Å²) in [5, 5.41) is 10.3. The molecule has 1 N–H and O–H groups in total. The van der Waals surface area contributed by atoms with Crippen molar-refractivity contribution >= 4 is 34.2 Å². The largest absolute Gasteiger partial charge is 0.507 e. The fraction of sp³-hybridized carbons (Fsp3) is 0. The summed E-state index contributed by atoms with van der Waals surface area (Å²) in [5.74, 6) is -0.171. The van der Waals surface area contributed by atoms with Gasteiger partial charge in [0.1, 0.15) is 11.3 Å². The summed E-state index contributed by atoms with van der Waals surface area (Å²) in [4.78, 5) is 10.9. The number of rotatable bonds is 0. The predicted molar refractivity (Wildman–Crippen MR) is 54.2 cm³/mol. The molecular formula is C9H4Cl2O3. The van der Waals surface area contributed by atoms with Gasteiger partial charge in [0.15, 0.2) is 0 Å². The second-order valence-corrected chi connectivity index (χ2v) is 3.53. The zero-order chi connectivity index (χ0) is 10.3. The Bertz CT molecular complexity index is 560. The first kappa shape index (κ1) is 9.37. The van der Waals surface area contributed by atoms with E-state index in [2.05, 4.69) is 0 Å². The summed E-state index contributed by atoms with van der Waals surface area (Å²) >= 11 is 11.5. The molecule has 2 aromatic rings. The van der Waals surface area contributed by atoms with Gasteiger partial charge in [-0.3, -0.25) is 0 Å². The molecule has 0 aliphatic rings. The van der Waals surface area contributed by atoms with E-state index in [0.717, 1.165) is 6.07 Å². The molecule has 0 spiro atoms. The molecule has 1 aromatic carbocycles. The Morgan fingerprint density at radius 3 is 2.50 bits per heavy atom. The van der Waals surface area contributed by atoms with Crippen LogP contribution in [0.25, 0.3) is 11.0 Å². The molecule has 0 fully saturated rings. The Hall–Kier alpha value is -1.19. The van der Waals surface area contributed by atoms with Crippen molar-refractivity contribution in [3.63, 3.8) is 0 Å². The Morgan fingerprint density at radius 1 is 1.14 bits per heavy atom. The standard InChI is InChI=1S/C9H4Cl2O3/c10-5-1-4-7(12)3-9(13)14-8(4)2-6(5)11/h1-3,12H. The summed E-state index contributed by atoms with van der Waals surface area (Å²) in [5.41, 5.74) is -0.419. The number of fused-ring (bicyclic) bond motifs is 1. The van der Waals surface area contributed by atoms with Gasteiger partial charge < -0.3 is 9.52 Å². The second-order valence-electron chi connectivity index (χ2n) is 2.71. The average molecular weight is 231 g/mol. The average Bonchev–Trinajstić information content (AvgIpc) is 2.08. The third-order valence-electron chi connectivity index (χ3n) is 1.76. The van der Waals surface area contributed by atoms with Crippen molar-refractivity contribution in [3.8, 4) is 5.75 Å². The quantitative estimate of drug-likeness (QED) is 0.709. The molecule has 0 amide bonds. The highest BCUT2D eigenvalue weighted by atomic mass is 35.5. The third-order valence-corrected chi connectivity index (χ3v) is 2.49. The lowest BCUT2D eigenvalue weighted by Crippen LogP contribution is -1.95. The minimum absolute atomic E-state index is 0.171. The molecular weight excluding hydrogens is 227 g/mol.